The molecule has 2 nitrogen and oxygen atoms in total. The molecule has 1 rings (SSSR count). The van der Waals surface area contributed by atoms with Gasteiger partial charge in [0.15, 0.2) is 0 Å². The van der Waals surface area contributed by atoms with E-state index < -0.39 is 5.97 Å². The number of hydrogen-bond donors (Lipinski definition) is 1. The lowest BCUT2D eigenvalue weighted by molar-refractivity contribution is -0.136. The average Bonchev–Trinajstić information content (AvgIpc) is 2.27. The van der Waals surface area contributed by atoms with E-state index in [1.807, 2.05) is 6.07 Å². The third-order valence-electron chi connectivity index (χ3n) is 3.38. The van der Waals surface area contributed by atoms with Gasteiger partial charge in [-0.15, -0.1) is 0 Å². The highest BCUT2D eigenvalue weighted by Gasteiger charge is 2.18. The van der Waals surface area contributed by atoms with Gasteiger partial charge in [0.25, 0.3) is 0 Å². The summed E-state index contributed by atoms with van der Waals surface area (Å²) in [5.41, 5.74) is 3.69. The molecule has 0 spiro atoms. The van der Waals surface area contributed by atoms with E-state index in [0.29, 0.717) is 0 Å². The van der Waals surface area contributed by atoms with Gasteiger partial charge in [-0.3, -0.25) is 4.79 Å². The van der Waals surface area contributed by atoms with Gasteiger partial charge in [-0.25, -0.2) is 0 Å². The first-order valence-corrected chi connectivity index (χ1v) is 7.18. The van der Waals surface area contributed by atoms with E-state index in [2.05, 4.69) is 39.8 Å². The first-order chi connectivity index (χ1) is 8.84. The van der Waals surface area contributed by atoms with Crippen LogP contribution in [-0.4, -0.2) is 11.1 Å². The highest BCUT2D eigenvalue weighted by molar-refractivity contribution is 5.70. The Morgan fingerprint density at radius 1 is 1.21 bits per heavy atom. The van der Waals surface area contributed by atoms with E-state index >= 15 is 0 Å². The van der Waals surface area contributed by atoms with Gasteiger partial charge in [0.05, 0.1) is 6.42 Å². The fraction of sp³-hybridized carbons (Fsp3) is 0.588. The number of aliphatic carboxylic acids is 1. The summed E-state index contributed by atoms with van der Waals surface area (Å²) in [4.78, 5) is 10.8. The zero-order valence-corrected chi connectivity index (χ0v) is 12.6. The third kappa shape index (κ3) is 5.06. The summed E-state index contributed by atoms with van der Waals surface area (Å²) in [6, 6.07) is 6.15. The number of aryl methyl sites for hydroxylation is 1. The summed E-state index contributed by atoms with van der Waals surface area (Å²) in [5.74, 6) is -0.761. The van der Waals surface area contributed by atoms with Gasteiger partial charge in [-0.1, -0.05) is 58.7 Å². The molecule has 106 valence electrons. The molecule has 2 heteroatoms. The molecule has 1 aromatic carbocycles. The highest BCUT2D eigenvalue weighted by atomic mass is 16.4. The molecular weight excluding hydrogens is 236 g/mol. The summed E-state index contributed by atoms with van der Waals surface area (Å²) in [6.45, 7) is 8.83. The molecule has 0 radical (unpaired) electrons. The second kappa shape index (κ2) is 6.74. The first kappa shape index (κ1) is 15.7. The highest BCUT2D eigenvalue weighted by Crippen LogP contribution is 2.28. The van der Waals surface area contributed by atoms with Crippen LogP contribution in [0, 0.1) is 0 Å². The minimum Gasteiger partial charge on any atom is -0.481 e. The van der Waals surface area contributed by atoms with E-state index in [1.165, 1.54) is 30.4 Å². The van der Waals surface area contributed by atoms with Crippen molar-refractivity contribution in [3.63, 3.8) is 0 Å². The topological polar surface area (TPSA) is 37.3 Å². The number of carbonyl (C=O) groups is 1. The predicted molar refractivity (Wildman–Crippen MR) is 79.7 cm³/mol. The Labute approximate surface area is 116 Å². The molecule has 0 aliphatic heterocycles. The van der Waals surface area contributed by atoms with Crippen LogP contribution in [0.1, 0.15) is 63.6 Å². The number of benzene rings is 1. The molecule has 0 aromatic heterocycles. The second-order valence-electron chi connectivity index (χ2n) is 6.27. The quantitative estimate of drug-likeness (QED) is 0.774. The Morgan fingerprint density at radius 3 is 2.42 bits per heavy atom. The number of hydrogen-bond acceptors (Lipinski definition) is 1. The van der Waals surface area contributed by atoms with Crippen LogP contribution in [0.25, 0.3) is 0 Å². The summed E-state index contributed by atoms with van der Waals surface area (Å²) >= 11 is 0. The van der Waals surface area contributed by atoms with Gasteiger partial charge in [-0.05, 0) is 34.9 Å². The summed E-state index contributed by atoms with van der Waals surface area (Å²) in [5, 5.41) is 8.90. The maximum Gasteiger partial charge on any atom is 0.307 e. The molecule has 0 amide bonds. The molecule has 0 saturated heterocycles. The van der Waals surface area contributed by atoms with Crippen LogP contribution in [0.15, 0.2) is 18.2 Å². The maximum absolute atomic E-state index is 10.8. The van der Waals surface area contributed by atoms with Crippen molar-refractivity contribution in [1.29, 1.82) is 0 Å². The Morgan fingerprint density at radius 2 is 1.89 bits per heavy atom. The van der Waals surface area contributed by atoms with Crippen LogP contribution in [0.4, 0.5) is 0 Å². The van der Waals surface area contributed by atoms with Crippen molar-refractivity contribution in [3.05, 3.63) is 34.9 Å². The SMILES string of the molecule is CCCCCc1cc(CC(=O)O)ccc1C(C)(C)C. The van der Waals surface area contributed by atoms with Crippen LogP contribution in [0.2, 0.25) is 0 Å². The lowest BCUT2D eigenvalue weighted by atomic mass is 9.81. The molecule has 19 heavy (non-hydrogen) atoms. The molecule has 1 N–H and O–H groups in total. The van der Waals surface area contributed by atoms with Crippen molar-refractivity contribution < 1.29 is 9.90 Å². The molecule has 0 saturated carbocycles. The van der Waals surface area contributed by atoms with Gasteiger partial charge in [0.1, 0.15) is 0 Å². The molecule has 0 atom stereocenters. The van der Waals surface area contributed by atoms with Gasteiger partial charge >= 0.3 is 5.97 Å². The van der Waals surface area contributed by atoms with Crippen LogP contribution < -0.4 is 0 Å². The fourth-order valence-electron chi connectivity index (χ4n) is 2.44. The van der Waals surface area contributed by atoms with E-state index in [9.17, 15) is 4.79 Å². The standard InChI is InChI=1S/C17H26O2/c1-5-6-7-8-14-11-13(12-16(18)19)9-10-15(14)17(2,3)4/h9-11H,5-8,12H2,1-4H3,(H,18,19). The average molecular weight is 262 g/mol. The van der Waals surface area contributed by atoms with E-state index in [4.69, 9.17) is 5.11 Å². The Balaban J connectivity index is 3.00. The summed E-state index contributed by atoms with van der Waals surface area (Å²) in [7, 11) is 0. The Kier molecular flexibility index (Phi) is 5.59. The van der Waals surface area contributed by atoms with Gasteiger partial charge in [-0.2, -0.15) is 0 Å². The molecule has 0 heterocycles. The largest absolute Gasteiger partial charge is 0.481 e. The molecule has 0 aliphatic carbocycles. The Hall–Kier alpha value is -1.31. The minimum atomic E-state index is -0.761. The van der Waals surface area contributed by atoms with Crippen LogP contribution in [0.5, 0.6) is 0 Å². The van der Waals surface area contributed by atoms with Crippen molar-refractivity contribution in [1.82, 2.24) is 0 Å². The summed E-state index contributed by atoms with van der Waals surface area (Å²) < 4.78 is 0. The molecule has 0 unspecified atom stereocenters. The normalized spacial score (nSPS) is 11.6. The minimum absolute atomic E-state index is 0.114. The van der Waals surface area contributed by atoms with Crippen molar-refractivity contribution >= 4 is 5.97 Å². The number of rotatable bonds is 6. The Bertz CT molecular complexity index is 427. The number of carboxylic acid groups (broad SMARTS) is 1. The third-order valence-corrected chi connectivity index (χ3v) is 3.38. The van der Waals surface area contributed by atoms with Crippen molar-refractivity contribution in [2.24, 2.45) is 0 Å². The number of carboxylic acids is 1. The smallest absolute Gasteiger partial charge is 0.307 e. The zero-order chi connectivity index (χ0) is 14.5. The molecule has 0 bridgehead atoms. The van der Waals surface area contributed by atoms with Crippen molar-refractivity contribution in [2.75, 3.05) is 0 Å². The molecule has 1 aromatic rings. The molecule has 0 fully saturated rings. The zero-order valence-electron chi connectivity index (χ0n) is 12.6. The van der Waals surface area contributed by atoms with Gasteiger partial charge in [0, 0.05) is 0 Å². The lowest BCUT2D eigenvalue weighted by Crippen LogP contribution is -2.15. The van der Waals surface area contributed by atoms with Crippen molar-refractivity contribution in [3.8, 4) is 0 Å². The van der Waals surface area contributed by atoms with E-state index in [0.717, 1.165) is 12.0 Å². The van der Waals surface area contributed by atoms with Crippen LogP contribution in [-0.2, 0) is 23.1 Å². The van der Waals surface area contributed by atoms with Crippen LogP contribution in [0.3, 0.4) is 0 Å². The maximum atomic E-state index is 10.8. The van der Waals surface area contributed by atoms with E-state index in [1.54, 1.807) is 0 Å². The number of unbranched alkanes of at least 4 members (excludes halogenated alkanes) is 2. The summed E-state index contributed by atoms with van der Waals surface area (Å²) in [6.07, 6.45) is 4.78. The van der Waals surface area contributed by atoms with Gasteiger partial charge < -0.3 is 5.11 Å². The fourth-order valence-corrected chi connectivity index (χ4v) is 2.44. The van der Waals surface area contributed by atoms with Crippen molar-refractivity contribution in [2.45, 2.75) is 65.2 Å². The molecule has 0 aliphatic rings. The second-order valence-corrected chi connectivity index (χ2v) is 6.27. The predicted octanol–water partition coefficient (Wildman–Crippen LogP) is 4.34. The van der Waals surface area contributed by atoms with E-state index in [-0.39, 0.29) is 11.8 Å². The van der Waals surface area contributed by atoms with Crippen LogP contribution >= 0.6 is 0 Å². The molecular formula is C17H26O2. The first-order valence-electron chi connectivity index (χ1n) is 7.18. The van der Waals surface area contributed by atoms with Gasteiger partial charge in [0.2, 0.25) is 0 Å². The monoisotopic (exact) mass is 262 g/mol. The lowest BCUT2D eigenvalue weighted by Gasteiger charge is -2.23.